The number of hydrogen-bond donors (Lipinski definition) is 1. The van der Waals surface area contributed by atoms with E-state index < -0.39 is 10.0 Å². The van der Waals surface area contributed by atoms with Crippen molar-refractivity contribution in [2.45, 2.75) is 13.5 Å². The summed E-state index contributed by atoms with van der Waals surface area (Å²) in [6.45, 7) is 6.11. The molecule has 6 nitrogen and oxygen atoms in total. The minimum Gasteiger partial charge on any atom is -0.472 e. The van der Waals surface area contributed by atoms with Gasteiger partial charge in [0.2, 0.25) is 10.0 Å². The highest BCUT2D eigenvalue weighted by atomic mass is 32.2. The molecule has 1 N–H and O–H groups in total. The fourth-order valence-corrected chi connectivity index (χ4v) is 4.02. The SMILES string of the molecule is CCS(=O)(=O)NC[C@@]12COC[C@@H]1CN(Cc1ccoc1)C2. The van der Waals surface area contributed by atoms with Crippen LogP contribution in [0.25, 0.3) is 0 Å². The number of likely N-dealkylation sites (tertiary alicyclic amines) is 1. The van der Waals surface area contributed by atoms with Crippen molar-refractivity contribution in [3.05, 3.63) is 24.2 Å². The molecule has 2 atom stereocenters. The van der Waals surface area contributed by atoms with Crippen LogP contribution in [0.15, 0.2) is 23.0 Å². The Labute approximate surface area is 125 Å². The summed E-state index contributed by atoms with van der Waals surface area (Å²) in [5, 5.41) is 0. The van der Waals surface area contributed by atoms with Gasteiger partial charge in [-0.25, -0.2) is 13.1 Å². The summed E-state index contributed by atoms with van der Waals surface area (Å²) in [5.41, 5.74) is 1.06. The number of fused-ring (bicyclic) bond motifs is 1. The van der Waals surface area contributed by atoms with E-state index in [0.29, 0.717) is 19.1 Å². The standard InChI is InChI=1S/C14H22N2O4S/c1-2-21(17,18)15-9-14-10-16(5-12-3-4-19-7-12)6-13(14)8-20-11-14/h3-4,7,13,15H,2,5-6,8-11H2,1H3/t13-,14+/m0/s1. The molecule has 0 aromatic carbocycles. The minimum atomic E-state index is -3.16. The van der Waals surface area contributed by atoms with Gasteiger partial charge in [0.05, 0.1) is 31.5 Å². The molecule has 7 heteroatoms. The van der Waals surface area contributed by atoms with Crippen LogP contribution in [0.2, 0.25) is 0 Å². The molecule has 2 fully saturated rings. The van der Waals surface area contributed by atoms with Crippen LogP contribution in [0.4, 0.5) is 0 Å². The molecule has 2 saturated heterocycles. The summed E-state index contributed by atoms with van der Waals surface area (Å²) in [5.74, 6) is 0.511. The first-order valence-electron chi connectivity index (χ1n) is 7.31. The predicted octanol–water partition coefficient (Wildman–Crippen LogP) is 0.667. The Kier molecular flexibility index (Phi) is 4.09. The van der Waals surface area contributed by atoms with Gasteiger partial charge in [0.25, 0.3) is 0 Å². The molecule has 1 aromatic rings. The molecule has 0 amide bonds. The van der Waals surface area contributed by atoms with E-state index in [2.05, 4.69) is 9.62 Å². The van der Waals surface area contributed by atoms with Crippen LogP contribution in [-0.4, -0.2) is 51.9 Å². The highest BCUT2D eigenvalue weighted by molar-refractivity contribution is 7.89. The van der Waals surface area contributed by atoms with E-state index in [1.807, 2.05) is 6.07 Å². The Bertz CT molecular complexity index is 572. The number of sulfonamides is 1. The molecule has 0 unspecified atom stereocenters. The zero-order chi connectivity index (χ0) is 14.9. The second kappa shape index (κ2) is 5.72. The van der Waals surface area contributed by atoms with Gasteiger partial charge in [-0.3, -0.25) is 4.90 Å². The van der Waals surface area contributed by atoms with Crippen molar-refractivity contribution < 1.29 is 17.6 Å². The molecule has 0 saturated carbocycles. The first-order valence-corrected chi connectivity index (χ1v) is 8.97. The Hall–Kier alpha value is -0.890. The average Bonchev–Trinajstić information content (AvgIpc) is 3.13. The molecule has 3 rings (SSSR count). The van der Waals surface area contributed by atoms with Gasteiger partial charge in [-0.05, 0) is 13.0 Å². The zero-order valence-electron chi connectivity index (χ0n) is 12.2. The average molecular weight is 314 g/mol. The van der Waals surface area contributed by atoms with Crippen LogP contribution >= 0.6 is 0 Å². The molecule has 21 heavy (non-hydrogen) atoms. The minimum absolute atomic E-state index is 0.0913. The van der Waals surface area contributed by atoms with Gasteiger partial charge in [0, 0.05) is 43.1 Å². The maximum absolute atomic E-state index is 11.7. The van der Waals surface area contributed by atoms with E-state index in [1.54, 1.807) is 19.5 Å². The van der Waals surface area contributed by atoms with Crippen molar-refractivity contribution >= 4 is 10.0 Å². The first-order chi connectivity index (χ1) is 10.0. The highest BCUT2D eigenvalue weighted by Gasteiger charge is 2.50. The molecule has 2 aliphatic rings. The summed E-state index contributed by atoms with van der Waals surface area (Å²) in [7, 11) is -3.16. The molecule has 0 aliphatic carbocycles. The quantitative estimate of drug-likeness (QED) is 0.835. The van der Waals surface area contributed by atoms with Crippen LogP contribution in [0.1, 0.15) is 12.5 Å². The Morgan fingerprint density at radius 3 is 3.10 bits per heavy atom. The topological polar surface area (TPSA) is 71.8 Å². The lowest BCUT2D eigenvalue weighted by Crippen LogP contribution is -2.43. The third-order valence-corrected chi connectivity index (χ3v) is 5.95. The van der Waals surface area contributed by atoms with Crippen molar-refractivity contribution in [1.82, 2.24) is 9.62 Å². The highest BCUT2D eigenvalue weighted by Crippen LogP contribution is 2.41. The largest absolute Gasteiger partial charge is 0.472 e. The fourth-order valence-electron chi connectivity index (χ4n) is 3.31. The molecule has 0 bridgehead atoms. The van der Waals surface area contributed by atoms with Crippen LogP contribution in [0, 0.1) is 11.3 Å². The lowest BCUT2D eigenvalue weighted by Gasteiger charge is -2.27. The molecule has 3 heterocycles. The Morgan fingerprint density at radius 2 is 2.38 bits per heavy atom. The number of hydrogen-bond acceptors (Lipinski definition) is 5. The second-order valence-corrected chi connectivity index (χ2v) is 8.20. The van der Waals surface area contributed by atoms with Crippen LogP contribution in [0.5, 0.6) is 0 Å². The normalized spacial score (nSPS) is 29.9. The van der Waals surface area contributed by atoms with Crippen molar-refractivity contribution in [3.8, 4) is 0 Å². The van der Waals surface area contributed by atoms with Crippen LogP contribution < -0.4 is 4.72 Å². The van der Waals surface area contributed by atoms with Crippen molar-refractivity contribution in [2.75, 3.05) is 38.6 Å². The third kappa shape index (κ3) is 3.15. The Morgan fingerprint density at radius 1 is 1.52 bits per heavy atom. The van der Waals surface area contributed by atoms with Gasteiger partial charge in [-0.15, -0.1) is 0 Å². The first kappa shape index (κ1) is 15.0. The maximum Gasteiger partial charge on any atom is 0.211 e. The molecular weight excluding hydrogens is 292 g/mol. The molecule has 118 valence electrons. The van der Waals surface area contributed by atoms with E-state index in [0.717, 1.165) is 31.8 Å². The van der Waals surface area contributed by atoms with E-state index in [1.165, 1.54) is 0 Å². The monoisotopic (exact) mass is 314 g/mol. The number of furan rings is 1. The number of ether oxygens (including phenoxy) is 1. The van der Waals surface area contributed by atoms with Gasteiger partial charge in [0.15, 0.2) is 0 Å². The van der Waals surface area contributed by atoms with Crippen molar-refractivity contribution in [3.63, 3.8) is 0 Å². The summed E-state index contributed by atoms with van der Waals surface area (Å²) >= 11 is 0. The van der Waals surface area contributed by atoms with Gasteiger partial charge in [0.1, 0.15) is 0 Å². The van der Waals surface area contributed by atoms with Crippen LogP contribution in [0.3, 0.4) is 0 Å². The van der Waals surface area contributed by atoms with Gasteiger partial charge in [-0.2, -0.15) is 0 Å². The molecule has 0 radical (unpaired) electrons. The molecular formula is C14H22N2O4S. The van der Waals surface area contributed by atoms with E-state index in [-0.39, 0.29) is 11.2 Å². The number of nitrogens with zero attached hydrogens (tertiary/aromatic N) is 1. The van der Waals surface area contributed by atoms with Gasteiger partial charge >= 0.3 is 0 Å². The fraction of sp³-hybridized carbons (Fsp3) is 0.714. The lowest BCUT2D eigenvalue weighted by molar-refractivity contribution is 0.128. The molecule has 2 aliphatic heterocycles. The smallest absolute Gasteiger partial charge is 0.211 e. The number of rotatable bonds is 6. The maximum atomic E-state index is 11.7. The summed E-state index contributed by atoms with van der Waals surface area (Å²) < 4.78 is 36.9. The molecule has 0 spiro atoms. The summed E-state index contributed by atoms with van der Waals surface area (Å²) in [6, 6.07) is 1.97. The number of nitrogens with one attached hydrogen (secondary N) is 1. The second-order valence-electron chi connectivity index (χ2n) is 6.10. The predicted molar refractivity (Wildman–Crippen MR) is 78.2 cm³/mol. The third-order valence-electron chi connectivity index (χ3n) is 4.60. The lowest BCUT2D eigenvalue weighted by atomic mass is 9.81. The van der Waals surface area contributed by atoms with E-state index in [4.69, 9.17) is 9.15 Å². The summed E-state index contributed by atoms with van der Waals surface area (Å²) in [4.78, 5) is 2.36. The Balaban J connectivity index is 1.66. The zero-order valence-corrected chi connectivity index (χ0v) is 13.1. The van der Waals surface area contributed by atoms with E-state index in [9.17, 15) is 8.42 Å². The van der Waals surface area contributed by atoms with Crippen molar-refractivity contribution in [1.29, 1.82) is 0 Å². The van der Waals surface area contributed by atoms with Gasteiger partial charge < -0.3 is 9.15 Å². The van der Waals surface area contributed by atoms with E-state index >= 15 is 0 Å². The summed E-state index contributed by atoms with van der Waals surface area (Å²) in [6.07, 6.45) is 3.44. The van der Waals surface area contributed by atoms with Gasteiger partial charge in [-0.1, -0.05) is 0 Å². The van der Waals surface area contributed by atoms with Crippen LogP contribution in [-0.2, 0) is 21.3 Å². The molecule has 1 aromatic heterocycles. The van der Waals surface area contributed by atoms with Crippen molar-refractivity contribution in [2.24, 2.45) is 11.3 Å².